The highest BCUT2D eigenvalue weighted by Gasteiger charge is 2.50. The summed E-state index contributed by atoms with van der Waals surface area (Å²) in [5.74, 6) is -0.691. The Hall–Kier alpha value is -2.06. The van der Waals surface area contributed by atoms with E-state index in [9.17, 15) is 53.1 Å². The first-order valence-electron chi connectivity index (χ1n) is 15.7. The standard InChI is InChI=1S/C27H46N5O16P3/c1-26(2,3)11-7-9-16(33)8-6-10-17(34)22(36)27(4,5)13-45-51(42,43)48-50(40,41)44-12-18-21(47-49(37,38)39)20(35)25(46-18)32-15-31-19-23(28)29-14-30-24(19)32/h14-15,18,20-22,25,35-36H,6-13H2,1-5H3,(H,40,41)(H,42,43)(H2,28,29,30)(H2,37,38,39). The van der Waals surface area contributed by atoms with Crippen molar-refractivity contribution in [3.05, 3.63) is 12.7 Å². The molecule has 0 saturated carbocycles. The van der Waals surface area contributed by atoms with Crippen molar-refractivity contribution in [1.82, 2.24) is 19.5 Å². The van der Waals surface area contributed by atoms with Crippen LogP contribution < -0.4 is 5.73 Å². The van der Waals surface area contributed by atoms with Crippen LogP contribution >= 0.6 is 23.5 Å². The molecule has 1 aliphatic heterocycles. The number of nitrogens with two attached hydrogens (primary N) is 1. The van der Waals surface area contributed by atoms with Crippen molar-refractivity contribution in [2.75, 3.05) is 18.9 Å². The van der Waals surface area contributed by atoms with Crippen molar-refractivity contribution < 1.29 is 75.7 Å². The minimum atomic E-state index is -5.52. The SMILES string of the molecule is CC(C)(C)CCCC(=O)CCCC(=O)C(O)C(C)(C)COP(=O)(O)OP(=O)(O)OCC1OC(n2cnc3c(N)ncnc32)C(O)C1OP(=O)(O)O. The van der Waals surface area contributed by atoms with E-state index in [0.717, 1.165) is 30.1 Å². The normalized spacial score (nSPS) is 23.2. The number of phosphoric acid groups is 3. The van der Waals surface area contributed by atoms with Crippen molar-refractivity contribution in [1.29, 1.82) is 0 Å². The maximum atomic E-state index is 12.6. The van der Waals surface area contributed by atoms with Crippen molar-refractivity contribution in [2.24, 2.45) is 10.8 Å². The summed E-state index contributed by atoms with van der Waals surface area (Å²) in [6.07, 6.45) is -4.29. The highest BCUT2D eigenvalue weighted by molar-refractivity contribution is 7.61. The molecule has 0 aliphatic carbocycles. The average Bonchev–Trinajstić information content (AvgIpc) is 3.54. The van der Waals surface area contributed by atoms with Gasteiger partial charge in [-0.2, -0.15) is 4.31 Å². The second kappa shape index (κ2) is 17.0. The molecule has 7 unspecified atom stereocenters. The molecule has 8 N–H and O–H groups in total. The molecule has 24 heteroatoms. The van der Waals surface area contributed by atoms with Gasteiger partial charge in [-0.05, 0) is 24.7 Å². The minimum absolute atomic E-state index is 0.00835. The Bertz CT molecular complexity index is 1680. The zero-order chi connectivity index (χ0) is 38.6. The molecule has 0 aromatic carbocycles. The summed E-state index contributed by atoms with van der Waals surface area (Å²) >= 11 is 0. The predicted molar refractivity (Wildman–Crippen MR) is 176 cm³/mol. The second-order valence-electron chi connectivity index (χ2n) is 14.0. The third-order valence-corrected chi connectivity index (χ3v) is 10.8. The van der Waals surface area contributed by atoms with Gasteiger partial charge >= 0.3 is 23.5 Å². The van der Waals surface area contributed by atoms with Crippen molar-refractivity contribution in [3.8, 4) is 0 Å². The summed E-state index contributed by atoms with van der Waals surface area (Å²) in [6.45, 7) is 6.95. The molecule has 2 aromatic heterocycles. The van der Waals surface area contributed by atoms with Crippen LogP contribution in [0.4, 0.5) is 5.82 Å². The van der Waals surface area contributed by atoms with Gasteiger partial charge in [0.15, 0.2) is 23.5 Å². The lowest BCUT2D eigenvalue weighted by atomic mass is 9.84. The quantitative estimate of drug-likeness (QED) is 0.0946. The number of nitrogens with zero attached hydrogens (tertiary/aromatic N) is 4. The number of hydrogen-bond donors (Lipinski definition) is 7. The van der Waals surface area contributed by atoms with E-state index in [1.807, 2.05) is 0 Å². The smallest absolute Gasteiger partial charge is 0.386 e. The molecule has 290 valence electrons. The van der Waals surface area contributed by atoms with Gasteiger partial charge < -0.3 is 40.3 Å². The lowest BCUT2D eigenvalue weighted by Gasteiger charge is -2.30. The summed E-state index contributed by atoms with van der Waals surface area (Å²) in [5.41, 5.74) is 4.50. The molecule has 1 fully saturated rings. The van der Waals surface area contributed by atoms with Gasteiger partial charge in [0.25, 0.3) is 0 Å². The molecule has 0 radical (unpaired) electrons. The van der Waals surface area contributed by atoms with Gasteiger partial charge in [-0.1, -0.05) is 34.6 Å². The fourth-order valence-electron chi connectivity index (χ4n) is 5.07. The molecule has 3 rings (SSSR count). The highest BCUT2D eigenvalue weighted by atomic mass is 31.3. The number of phosphoric ester groups is 3. The van der Waals surface area contributed by atoms with Crippen LogP contribution in [0.2, 0.25) is 0 Å². The molecule has 7 atom stereocenters. The van der Waals surface area contributed by atoms with Gasteiger partial charge in [0.05, 0.1) is 19.5 Å². The lowest BCUT2D eigenvalue weighted by Crippen LogP contribution is -2.39. The fraction of sp³-hybridized carbons (Fsp3) is 0.741. The van der Waals surface area contributed by atoms with Gasteiger partial charge in [-0.25, -0.2) is 28.6 Å². The largest absolute Gasteiger partial charge is 0.481 e. The summed E-state index contributed by atoms with van der Waals surface area (Å²) in [4.78, 5) is 75.6. The number of hydrogen-bond acceptors (Lipinski definition) is 16. The Morgan fingerprint density at radius 2 is 1.61 bits per heavy atom. The number of aromatic nitrogens is 4. The number of anilines is 1. The Kier molecular flexibility index (Phi) is 14.4. The van der Waals surface area contributed by atoms with Crippen molar-refractivity contribution in [3.63, 3.8) is 0 Å². The first kappa shape index (κ1) is 43.3. The van der Waals surface area contributed by atoms with Crippen LogP contribution in [0.25, 0.3) is 11.2 Å². The molecule has 3 heterocycles. The van der Waals surface area contributed by atoms with E-state index in [2.05, 4.69) is 44.6 Å². The zero-order valence-electron chi connectivity index (χ0n) is 28.7. The first-order chi connectivity index (χ1) is 23.3. The van der Waals surface area contributed by atoms with Gasteiger partial charge in [-0.15, -0.1) is 0 Å². The number of ketones is 2. The first-order valence-corrected chi connectivity index (χ1v) is 20.2. The predicted octanol–water partition coefficient (Wildman–Crippen LogP) is 2.31. The summed E-state index contributed by atoms with van der Waals surface area (Å²) in [7, 11) is -16.3. The molecular formula is C27H46N5O16P3. The fourth-order valence-corrected chi connectivity index (χ4v) is 7.90. The number of rotatable bonds is 20. The number of fused-ring (bicyclic) bond motifs is 1. The van der Waals surface area contributed by atoms with Crippen molar-refractivity contribution in [2.45, 2.75) is 104 Å². The van der Waals surface area contributed by atoms with Crippen LogP contribution in [0.1, 0.15) is 79.4 Å². The lowest BCUT2D eigenvalue weighted by molar-refractivity contribution is -0.134. The topological polar surface area (TPSA) is 322 Å². The number of nitrogen functional groups attached to an aromatic ring is 1. The van der Waals surface area contributed by atoms with E-state index in [0.29, 0.717) is 6.42 Å². The maximum Gasteiger partial charge on any atom is 0.481 e. The van der Waals surface area contributed by atoms with E-state index in [-0.39, 0.29) is 47.4 Å². The maximum absolute atomic E-state index is 12.6. The summed E-state index contributed by atoms with van der Waals surface area (Å²) < 4.78 is 62.1. The average molecular weight is 790 g/mol. The van der Waals surface area contributed by atoms with E-state index >= 15 is 0 Å². The molecule has 1 aliphatic rings. The van der Waals surface area contributed by atoms with Gasteiger partial charge in [0.1, 0.15) is 42.0 Å². The number of aliphatic hydroxyl groups is 2. The molecule has 51 heavy (non-hydrogen) atoms. The number of ether oxygens (including phenoxy) is 1. The van der Waals surface area contributed by atoms with Gasteiger partial charge in [0, 0.05) is 24.7 Å². The van der Waals surface area contributed by atoms with Crippen LogP contribution in [0.15, 0.2) is 12.7 Å². The molecule has 1 saturated heterocycles. The Morgan fingerprint density at radius 3 is 2.24 bits per heavy atom. The third kappa shape index (κ3) is 13.1. The number of carbonyl (C=O) groups excluding carboxylic acids is 2. The van der Waals surface area contributed by atoms with Crippen LogP contribution in [0, 0.1) is 10.8 Å². The van der Waals surface area contributed by atoms with Crippen LogP contribution in [-0.4, -0.2) is 98.5 Å². The summed E-state index contributed by atoms with van der Waals surface area (Å²) in [5, 5.41) is 21.4. The highest BCUT2D eigenvalue weighted by Crippen LogP contribution is 2.61. The molecule has 0 bridgehead atoms. The molecule has 0 amide bonds. The number of carbonyl (C=O) groups is 2. The van der Waals surface area contributed by atoms with Crippen LogP contribution in [-0.2, 0) is 45.9 Å². The van der Waals surface area contributed by atoms with E-state index in [4.69, 9.17) is 19.5 Å². The van der Waals surface area contributed by atoms with Crippen LogP contribution in [0.3, 0.4) is 0 Å². The summed E-state index contributed by atoms with van der Waals surface area (Å²) in [6, 6.07) is 0. The molecular weight excluding hydrogens is 743 g/mol. The van der Waals surface area contributed by atoms with Gasteiger partial charge in [0.2, 0.25) is 0 Å². The second-order valence-corrected chi connectivity index (χ2v) is 18.2. The number of aliphatic hydroxyl groups excluding tert-OH is 2. The Labute approximate surface area is 293 Å². The van der Waals surface area contributed by atoms with Crippen LogP contribution in [0.5, 0.6) is 0 Å². The monoisotopic (exact) mass is 789 g/mol. The molecule has 2 aromatic rings. The Morgan fingerprint density at radius 1 is 0.980 bits per heavy atom. The van der Waals surface area contributed by atoms with Crippen molar-refractivity contribution >= 4 is 52.0 Å². The van der Waals surface area contributed by atoms with Gasteiger partial charge in [-0.3, -0.25) is 27.7 Å². The van der Waals surface area contributed by atoms with E-state index < -0.39 is 78.5 Å². The minimum Gasteiger partial charge on any atom is -0.386 e. The molecule has 21 nitrogen and oxygen atoms in total. The third-order valence-electron chi connectivity index (χ3n) is 7.74. The number of Topliss-reactive ketones (excluding diaryl/α,β-unsaturated/α-hetero) is 2. The Balaban J connectivity index is 1.56. The number of imidazole rings is 1. The zero-order valence-corrected chi connectivity index (χ0v) is 31.4. The van der Waals surface area contributed by atoms with E-state index in [1.165, 1.54) is 13.8 Å². The van der Waals surface area contributed by atoms with E-state index in [1.54, 1.807) is 0 Å². The molecule has 0 spiro atoms.